The second-order valence-corrected chi connectivity index (χ2v) is 3.12. The van der Waals surface area contributed by atoms with Crippen LogP contribution in [0.1, 0.15) is 5.69 Å². The monoisotopic (exact) mass is 185 g/mol. The summed E-state index contributed by atoms with van der Waals surface area (Å²) in [7, 11) is 1.57. The summed E-state index contributed by atoms with van der Waals surface area (Å²) in [5, 5.41) is 4.38. The van der Waals surface area contributed by atoms with Crippen molar-refractivity contribution in [3.05, 3.63) is 16.6 Å². The van der Waals surface area contributed by atoms with E-state index in [0.29, 0.717) is 6.42 Å². The largest absolute Gasteiger partial charge is 0.358 e. The molecule has 0 saturated carbocycles. The van der Waals surface area contributed by atoms with E-state index in [1.807, 2.05) is 5.38 Å². The van der Waals surface area contributed by atoms with E-state index in [1.54, 1.807) is 12.6 Å². The Morgan fingerprint density at radius 1 is 1.92 bits per heavy atom. The van der Waals surface area contributed by atoms with Crippen molar-refractivity contribution in [1.29, 1.82) is 0 Å². The predicted molar refractivity (Wildman–Crippen MR) is 47.9 cm³/mol. The van der Waals surface area contributed by atoms with Crippen molar-refractivity contribution in [2.75, 3.05) is 7.05 Å². The third kappa shape index (κ3) is 2.28. The van der Waals surface area contributed by atoms with Gasteiger partial charge in [-0.05, 0) is 0 Å². The van der Waals surface area contributed by atoms with Gasteiger partial charge in [0.2, 0.25) is 5.91 Å². The van der Waals surface area contributed by atoms with Crippen LogP contribution in [-0.2, 0) is 11.2 Å². The van der Waals surface area contributed by atoms with Crippen molar-refractivity contribution < 1.29 is 4.79 Å². The highest BCUT2D eigenvalue weighted by molar-refractivity contribution is 7.07. The average molecular weight is 185 g/mol. The molecule has 66 valence electrons. The fourth-order valence-corrected chi connectivity index (χ4v) is 1.41. The molecule has 0 saturated heterocycles. The molecule has 12 heavy (non-hydrogen) atoms. The first-order chi connectivity index (χ1) is 5.74. The molecule has 5 heteroatoms. The molecule has 1 rings (SSSR count). The van der Waals surface area contributed by atoms with Crippen LogP contribution < -0.4 is 11.1 Å². The first-order valence-corrected chi connectivity index (χ1v) is 4.52. The smallest absolute Gasteiger partial charge is 0.237 e. The average Bonchev–Trinajstić information content (AvgIpc) is 2.55. The SMILES string of the molecule is CNC(=O)[C@H](N)Cc1cscn1. The van der Waals surface area contributed by atoms with Gasteiger partial charge in [-0.15, -0.1) is 11.3 Å². The fraction of sp³-hybridized carbons (Fsp3) is 0.429. The second kappa shape index (κ2) is 4.18. The van der Waals surface area contributed by atoms with Crippen LogP contribution >= 0.6 is 11.3 Å². The maximum Gasteiger partial charge on any atom is 0.237 e. The zero-order valence-electron chi connectivity index (χ0n) is 6.78. The Bertz CT molecular complexity index is 247. The molecule has 0 unspecified atom stereocenters. The van der Waals surface area contributed by atoms with E-state index in [-0.39, 0.29) is 5.91 Å². The van der Waals surface area contributed by atoms with Crippen LogP contribution in [0.25, 0.3) is 0 Å². The lowest BCUT2D eigenvalue weighted by atomic mass is 10.2. The Kier molecular flexibility index (Phi) is 3.19. The number of hydrogen-bond donors (Lipinski definition) is 2. The van der Waals surface area contributed by atoms with E-state index < -0.39 is 6.04 Å². The van der Waals surface area contributed by atoms with Gasteiger partial charge in [0.25, 0.3) is 0 Å². The molecule has 0 aliphatic heterocycles. The molecule has 3 N–H and O–H groups in total. The zero-order chi connectivity index (χ0) is 8.97. The molecule has 4 nitrogen and oxygen atoms in total. The van der Waals surface area contributed by atoms with Crippen molar-refractivity contribution >= 4 is 17.2 Å². The van der Waals surface area contributed by atoms with Crippen LogP contribution in [-0.4, -0.2) is 24.0 Å². The molecule has 1 aromatic rings. The van der Waals surface area contributed by atoms with Crippen LogP contribution in [0, 0.1) is 0 Å². The molecule has 1 atom stereocenters. The molecular formula is C7H11N3OS. The summed E-state index contributed by atoms with van der Waals surface area (Å²) < 4.78 is 0. The number of thiazole rings is 1. The maximum absolute atomic E-state index is 11.0. The molecule has 1 amide bonds. The highest BCUT2D eigenvalue weighted by Crippen LogP contribution is 2.03. The molecule has 0 aliphatic rings. The summed E-state index contributed by atoms with van der Waals surface area (Å²) in [5.74, 6) is -0.150. The van der Waals surface area contributed by atoms with Crippen LogP contribution in [0.15, 0.2) is 10.9 Å². The highest BCUT2D eigenvalue weighted by atomic mass is 32.1. The normalized spacial score (nSPS) is 12.5. The molecule has 0 aliphatic carbocycles. The van der Waals surface area contributed by atoms with E-state index in [2.05, 4.69) is 10.3 Å². The Labute approximate surface area is 74.8 Å². The van der Waals surface area contributed by atoms with Crippen LogP contribution in [0.5, 0.6) is 0 Å². The summed E-state index contributed by atoms with van der Waals surface area (Å²) in [6, 6.07) is -0.489. The Hall–Kier alpha value is -0.940. The van der Waals surface area contributed by atoms with Crippen molar-refractivity contribution in [1.82, 2.24) is 10.3 Å². The Balaban J connectivity index is 2.47. The van der Waals surface area contributed by atoms with Gasteiger partial charge < -0.3 is 11.1 Å². The quantitative estimate of drug-likeness (QED) is 0.683. The highest BCUT2D eigenvalue weighted by Gasteiger charge is 2.12. The van der Waals surface area contributed by atoms with Gasteiger partial charge in [0.15, 0.2) is 0 Å². The van der Waals surface area contributed by atoms with Crippen LogP contribution in [0.3, 0.4) is 0 Å². The van der Waals surface area contributed by atoms with Crippen molar-refractivity contribution in [3.8, 4) is 0 Å². The van der Waals surface area contributed by atoms with Gasteiger partial charge >= 0.3 is 0 Å². The van der Waals surface area contributed by atoms with Crippen molar-refractivity contribution in [2.45, 2.75) is 12.5 Å². The molecule has 0 bridgehead atoms. The van der Waals surface area contributed by atoms with E-state index in [1.165, 1.54) is 11.3 Å². The van der Waals surface area contributed by atoms with Gasteiger partial charge in [-0.2, -0.15) is 0 Å². The number of aromatic nitrogens is 1. The predicted octanol–water partition coefficient (Wildman–Crippen LogP) is -0.241. The fourth-order valence-electron chi connectivity index (χ4n) is 0.842. The lowest BCUT2D eigenvalue weighted by Crippen LogP contribution is -2.40. The number of nitrogens with zero attached hydrogens (tertiary/aromatic N) is 1. The third-order valence-corrected chi connectivity index (χ3v) is 2.13. The number of nitrogens with one attached hydrogen (secondary N) is 1. The minimum atomic E-state index is -0.489. The number of carbonyl (C=O) groups excluding carboxylic acids is 1. The summed E-state index contributed by atoms with van der Waals surface area (Å²) in [4.78, 5) is 15.0. The first-order valence-electron chi connectivity index (χ1n) is 3.58. The molecule has 0 radical (unpaired) electrons. The van der Waals surface area contributed by atoms with Gasteiger partial charge in [-0.25, -0.2) is 4.98 Å². The Morgan fingerprint density at radius 3 is 3.17 bits per heavy atom. The summed E-state index contributed by atoms with van der Waals surface area (Å²) in [6.07, 6.45) is 0.503. The van der Waals surface area contributed by atoms with E-state index in [4.69, 9.17) is 5.73 Å². The number of hydrogen-bond acceptors (Lipinski definition) is 4. The number of likely N-dealkylation sites (N-methyl/N-ethyl adjacent to an activating group) is 1. The van der Waals surface area contributed by atoms with Crippen molar-refractivity contribution in [2.24, 2.45) is 5.73 Å². The van der Waals surface area contributed by atoms with Gasteiger partial charge in [0.05, 0.1) is 17.2 Å². The molecule has 1 aromatic heterocycles. The summed E-state index contributed by atoms with van der Waals surface area (Å²) in [6.45, 7) is 0. The Morgan fingerprint density at radius 2 is 2.67 bits per heavy atom. The molecule has 0 aromatic carbocycles. The molecule has 0 spiro atoms. The molecule has 1 heterocycles. The second-order valence-electron chi connectivity index (χ2n) is 2.40. The van der Waals surface area contributed by atoms with E-state index >= 15 is 0 Å². The van der Waals surface area contributed by atoms with Crippen LogP contribution in [0.4, 0.5) is 0 Å². The zero-order valence-corrected chi connectivity index (χ0v) is 7.60. The van der Waals surface area contributed by atoms with Gasteiger partial charge in [0, 0.05) is 18.8 Å². The number of carbonyl (C=O) groups is 1. The first kappa shape index (κ1) is 9.15. The number of rotatable bonds is 3. The minimum absolute atomic E-state index is 0.150. The minimum Gasteiger partial charge on any atom is -0.358 e. The number of amides is 1. The molecule has 0 fully saturated rings. The lowest BCUT2D eigenvalue weighted by molar-refractivity contribution is -0.121. The number of nitrogens with two attached hydrogens (primary N) is 1. The lowest BCUT2D eigenvalue weighted by Gasteiger charge is -2.06. The van der Waals surface area contributed by atoms with E-state index in [0.717, 1.165) is 5.69 Å². The van der Waals surface area contributed by atoms with Crippen LogP contribution in [0.2, 0.25) is 0 Å². The maximum atomic E-state index is 11.0. The molecular weight excluding hydrogens is 174 g/mol. The van der Waals surface area contributed by atoms with E-state index in [9.17, 15) is 4.79 Å². The summed E-state index contributed by atoms with van der Waals surface area (Å²) in [5.41, 5.74) is 8.17. The summed E-state index contributed by atoms with van der Waals surface area (Å²) >= 11 is 1.50. The van der Waals surface area contributed by atoms with Crippen molar-refractivity contribution in [3.63, 3.8) is 0 Å². The standard InChI is InChI=1S/C7H11N3OS/c1-9-7(11)6(8)2-5-3-12-4-10-5/h3-4,6H,2,8H2,1H3,(H,9,11)/t6-/m1/s1. The van der Waals surface area contributed by atoms with Gasteiger partial charge in [0.1, 0.15) is 0 Å². The third-order valence-electron chi connectivity index (χ3n) is 1.50. The van der Waals surface area contributed by atoms with Gasteiger partial charge in [-0.3, -0.25) is 4.79 Å². The van der Waals surface area contributed by atoms with Gasteiger partial charge in [-0.1, -0.05) is 0 Å². The topological polar surface area (TPSA) is 68.0 Å².